The minimum Gasteiger partial charge on any atom is -0.329 e. The lowest BCUT2D eigenvalue weighted by molar-refractivity contribution is 0.00895. The molecule has 3 aromatic rings. The van der Waals surface area contributed by atoms with Crippen LogP contribution in [0, 0.1) is 0 Å². The molecule has 1 aliphatic heterocycles. The number of carbonyl (C=O) groups is 1. The van der Waals surface area contributed by atoms with Crippen molar-refractivity contribution < 1.29 is 4.79 Å². The first kappa shape index (κ1) is 27.0. The van der Waals surface area contributed by atoms with E-state index in [9.17, 15) is 4.79 Å². The standard InChI is InChI=1S/C37H44N2O/c1-35(2,3)30-17-15-28(16-18-30)34(40)39-24-19-32-31-14-10-9-13-29(31)25-33(32)37(39)22-20-36(21-23-37,38(4)5)26-27-11-7-6-8-12-27/h6-18H,19-26H2,1-5H3. The van der Waals surface area contributed by atoms with Crippen LogP contribution in [0.5, 0.6) is 0 Å². The Morgan fingerprint density at radius 1 is 0.850 bits per heavy atom. The summed E-state index contributed by atoms with van der Waals surface area (Å²) < 4.78 is 0. The highest BCUT2D eigenvalue weighted by Crippen LogP contribution is 2.54. The zero-order chi connectivity index (χ0) is 28.1. The van der Waals surface area contributed by atoms with Crippen molar-refractivity contribution in [3.05, 3.63) is 112 Å². The van der Waals surface area contributed by atoms with Crippen LogP contribution in [0.4, 0.5) is 0 Å². The van der Waals surface area contributed by atoms with Crippen LogP contribution in [0.2, 0.25) is 0 Å². The summed E-state index contributed by atoms with van der Waals surface area (Å²) in [6.45, 7) is 7.47. The summed E-state index contributed by atoms with van der Waals surface area (Å²) in [7, 11) is 4.50. The molecular formula is C37H44N2O. The molecule has 1 fully saturated rings. The van der Waals surface area contributed by atoms with E-state index < -0.39 is 0 Å². The number of rotatable bonds is 4. The number of hydrogen-bond acceptors (Lipinski definition) is 2. The van der Waals surface area contributed by atoms with Gasteiger partial charge in [0.05, 0.1) is 5.54 Å². The number of carbonyl (C=O) groups excluding carboxylic acids is 1. The van der Waals surface area contributed by atoms with E-state index in [4.69, 9.17) is 0 Å². The van der Waals surface area contributed by atoms with E-state index in [1.54, 1.807) is 0 Å². The summed E-state index contributed by atoms with van der Waals surface area (Å²) in [6.07, 6.45) is 7.15. The van der Waals surface area contributed by atoms with Gasteiger partial charge in [-0.05, 0) is 110 Å². The van der Waals surface area contributed by atoms with E-state index in [1.165, 1.54) is 33.4 Å². The van der Waals surface area contributed by atoms with Gasteiger partial charge in [0.25, 0.3) is 5.91 Å². The van der Waals surface area contributed by atoms with Gasteiger partial charge in [0.15, 0.2) is 0 Å². The highest BCUT2D eigenvalue weighted by Gasteiger charge is 2.53. The molecule has 0 aromatic heterocycles. The summed E-state index contributed by atoms with van der Waals surface area (Å²) in [6, 6.07) is 28.3. The second kappa shape index (κ2) is 10.0. The normalized spacial score (nSPS) is 24.4. The number of likely N-dealkylation sites (N-methyl/N-ethyl adjacent to an activating group) is 1. The van der Waals surface area contributed by atoms with Crippen molar-refractivity contribution in [3.8, 4) is 0 Å². The van der Waals surface area contributed by atoms with Gasteiger partial charge in [-0.1, -0.05) is 87.5 Å². The molecule has 3 heteroatoms. The Bertz CT molecular complexity index is 1420. The summed E-state index contributed by atoms with van der Waals surface area (Å²) in [5.41, 5.74) is 9.33. The SMILES string of the molecule is CN(C)C1(Cc2ccccc2)CCC2(CC1)C1=C(CCN2C(=O)c2ccc(C(C)(C)C)cc2)c2ccccc2C1. The maximum absolute atomic E-state index is 14.4. The number of fused-ring (bicyclic) bond motifs is 3. The van der Waals surface area contributed by atoms with Crippen LogP contribution in [0.1, 0.15) is 85.5 Å². The van der Waals surface area contributed by atoms with E-state index in [0.717, 1.165) is 57.1 Å². The van der Waals surface area contributed by atoms with Crippen LogP contribution in [0.15, 0.2) is 84.4 Å². The topological polar surface area (TPSA) is 23.6 Å². The molecule has 0 saturated heterocycles. The number of amides is 1. The van der Waals surface area contributed by atoms with Crippen molar-refractivity contribution >= 4 is 11.5 Å². The molecule has 0 radical (unpaired) electrons. The summed E-state index contributed by atoms with van der Waals surface area (Å²) in [4.78, 5) is 19.1. The molecule has 0 atom stereocenters. The van der Waals surface area contributed by atoms with Gasteiger partial charge in [0, 0.05) is 17.6 Å². The Morgan fingerprint density at radius 2 is 1.50 bits per heavy atom. The lowest BCUT2D eigenvalue weighted by Crippen LogP contribution is -2.61. The fourth-order valence-corrected chi connectivity index (χ4v) is 7.78. The third-order valence-corrected chi connectivity index (χ3v) is 10.3. The molecule has 6 rings (SSSR count). The minimum absolute atomic E-state index is 0.0703. The van der Waals surface area contributed by atoms with Crippen LogP contribution in [0.25, 0.3) is 5.57 Å². The third kappa shape index (κ3) is 4.53. The van der Waals surface area contributed by atoms with E-state index in [0.29, 0.717) is 0 Å². The quantitative estimate of drug-likeness (QED) is 0.344. The Balaban J connectivity index is 1.37. The second-order valence-corrected chi connectivity index (χ2v) is 13.6. The van der Waals surface area contributed by atoms with Gasteiger partial charge in [0.1, 0.15) is 0 Å². The molecule has 40 heavy (non-hydrogen) atoms. The lowest BCUT2D eigenvalue weighted by atomic mass is 9.64. The van der Waals surface area contributed by atoms with Crippen molar-refractivity contribution in [1.29, 1.82) is 0 Å². The van der Waals surface area contributed by atoms with Gasteiger partial charge in [-0.15, -0.1) is 0 Å². The molecule has 208 valence electrons. The van der Waals surface area contributed by atoms with Gasteiger partial charge >= 0.3 is 0 Å². The molecule has 3 nitrogen and oxygen atoms in total. The van der Waals surface area contributed by atoms with Gasteiger partial charge in [0.2, 0.25) is 0 Å². The molecule has 3 aliphatic rings. The molecule has 3 aromatic carbocycles. The predicted octanol–water partition coefficient (Wildman–Crippen LogP) is 7.70. The van der Waals surface area contributed by atoms with E-state index in [2.05, 4.69) is 124 Å². The second-order valence-electron chi connectivity index (χ2n) is 13.6. The van der Waals surface area contributed by atoms with Gasteiger partial charge < -0.3 is 9.80 Å². The maximum Gasteiger partial charge on any atom is 0.254 e. The predicted molar refractivity (Wildman–Crippen MR) is 166 cm³/mol. The van der Waals surface area contributed by atoms with Crippen molar-refractivity contribution in [1.82, 2.24) is 9.80 Å². The summed E-state index contributed by atoms with van der Waals surface area (Å²) in [5.74, 6) is 0.198. The smallest absolute Gasteiger partial charge is 0.254 e. The largest absolute Gasteiger partial charge is 0.329 e. The molecule has 1 saturated carbocycles. The average molecular weight is 533 g/mol. The number of nitrogens with zero attached hydrogens (tertiary/aromatic N) is 2. The van der Waals surface area contributed by atoms with Crippen molar-refractivity contribution in [2.45, 2.75) is 82.2 Å². The van der Waals surface area contributed by atoms with E-state index in [-0.39, 0.29) is 22.4 Å². The first-order chi connectivity index (χ1) is 19.1. The summed E-state index contributed by atoms with van der Waals surface area (Å²) >= 11 is 0. The van der Waals surface area contributed by atoms with Gasteiger partial charge in [-0.25, -0.2) is 0 Å². The lowest BCUT2D eigenvalue weighted by Gasteiger charge is -2.56. The minimum atomic E-state index is -0.220. The van der Waals surface area contributed by atoms with Gasteiger partial charge in [-0.3, -0.25) is 4.79 Å². The van der Waals surface area contributed by atoms with Crippen LogP contribution in [-0.4, -0.2) is 47.4 Å². The highest BCUT2D eigenvalue weighted by molar-refractivity contribution is 5.96. The average Bonchev–Trinajstić information content (AvgIpc) is 3.34. The fourth-order valence-electron chi connectivity index (χ4n) is 7.78. The molecular weight excluding hydrogens is 488 g/mol. The maximum atomic E-state index is 14.4. The van der Waals surface area contributed by atoms with Crippen LogP contribution in [-0.2, 0) is 18.3 Å². The van der Waals surface area contributed by atoms with Crippen molar-refractivity contribution in [3.63, 3.8) is 0 Å². The van der Waals surface area contributed by atoms with Crippen LogP contribution in [0.3, 0.4) is 0 Å². The zero-order valence-corrected chi connectivity index (χ0v) is 25.0. The van der Waals surface area contributed by atoms with E-state index in [1.807, 2.05) is 0 Å². The molecule has 1 heterocycles. The monoisotopic (exact) mass is 532 g/mol. The fraction of sp³-hybridized carbons (Fsp3) is 0.432. The molecule has 0 N–H and O–H groups in total. The van der Waals surface area contributed by atoms with Crippen molar-refractivity contribution in [2.24, 2.45) is 0 Å². The Labute approximate surface area is 240 Å². The molecule has 1 amide bonds. The molecule has 0 unspecified atom stereocenters. The molecule has 2 aliphatic carbocycles. The van der Waals surface area contributed by atoms with E-state index >= 15 is 0 Å². The summed E-state index contributed by atoms with van der Waals surface area (Å²) in [5, 5.41) is 0. The third-order valence-electron chi connectivity index (χ3n) is 10.3. The molecule has 1 spiro atoms. The Kier molecular flexibility index (Phi) is 6.78. The van der Waals surface area contributed by atoms with Crippen molar-refractivity contribution in [2.75, 3.05) is 20.6 Å². The highest BCUT2D eigenvalue weighted by atomic mass is 16.2. The van der Waals surface area contributed by atoms with Crippen LogP contribution >= 0.6 is 0 Å². The number of benzene rings is 3. The Hall–Kier alpha value is -3.17. The molecule has 0 bridgehead atoms. The first-order valence-electron chi connectivity index (χ1n) is 15.1. The van der Waals surface area contributed by atoms with Crippen LogP contribution < -0.4 is 0 Å². The Morgan fingerprint density at radius 3 is 2.15 bits per heavy atom. The van der Waals surface area contributed by atoms with Gasteiger partial charge in [-0.2, -0.15) is 0 Å². The zero-order valence-electron chi connectivity index (χ0n) is 25.0. The number of hydrogen-bond donors (Lipinski definition) is 0. The first-order valence-corrected chi connectivity index (χ1v) is 15.1.